The van der Waals surface area contributed by atoms with Crippen molar-refractivity contribution >= 4 is 17.8 Å². The Balaban J connectivity index is 2.28. The summed E-state index contributed by atoms with van der Waals surface area (Å²) in [5, 5.41) is 10.3. The van der Waals surface area contributed by atoms with Gasteiger partial charge in [-0.25, -0.2) is 9.48 Å². The van der Waals surface area contributed by atoms with Gasteiger partial charge in [-0.1, -0.05) is 38.5 Å². The normalized spacial score (nSPS) is 11.2. The molecule has 2 aromatic rings. The minimum atomic E-state index is -0.262. The van der Waals surface area contributed by atoms with E-state index in [1.807, 2.05) is 51.1 Å². The van der Waals surface area contributed by atoms with Crippen molar-refractivity contribution < 1.29 is 9.59 Å². The molecule has 28 heavy (non-hydrogen) atoms. The molecule has 7 heteroatoms. The first-order valence-electron chi connectivity index (χ1n) is 9.66. The average Bonchev–Trinajstić information content (AvgIpc) is 3.04. The molecule has 0 bridgehead atoms. The molecule has 0 aliphatic heterocycles. The maximum atomic E-state index is 12.6. The number of nitrogens with zero attached hydrogens (tertiary/aromatic N) is 3. The molecule has 0 saturated heterocycles. The first kappa shape index (κ1) is 21.5. The van der Waals surface area contributed by atoms with Crippen molar-refractivity contribution in [3.05, 3.63) is 41.6 Å². The van der Waals surface area contributed by atoms with Crippen LogP contribution in [-0.2, 0) is 10.2 Å². The minimum Gasteiger partial charge on any atom is -0.338 e. The van der Waals surface area contributed by atoms with Crippen LogP contribution in [0.2, 0.25) is 0 Å². The van der Waals surface area contributed by atoms with Gasteiger partial charge in [-0.15, -0.1) is 0 Å². The molecule has 0 aliphatic carbocycles. The molecule has 1 aromatic heterocycles. The Morgan fingerprint density at radius 3 is 2.32 bits per heavy atom. The van der Waals surface area contributed by atoms with Gasteiger partial charge in [0.05, 0.1) is 11.4 Å². The van der Waals surface area contributed by atoms with Gasteiger partial charge in [-0.05, 0) is 32.9 Å². The molecule has 152 valence electrons. The Morgan fingerprint density at radius 2 is 1.79 bits per heavy atom. The number of rotatable bonds is 6. The van der Waals surface area contributed by atoms with Crippen LogP contribution < -0.4 is 10.6 Å². The number of carbonyl (C=O) groups is 2. The third-order valence-electron chi connectivity index (χ3n) is 4.36. The molecular weight excluding hydrogens is 354 g/mol. The topological polar surface area (TPSA) is 79.3 Å². The maximum absolute atomic E-state index is 12.6. The summed E-state index contributed by atoms with van der Waals surface area (Å²) < 4.78 is 1.74. The minimum absolute atomic E-state index is 0.0216. The lowest BCUT2D eigenvalue weighted by molar-refractivity contribution is -0.116. The first-order valence-corrected chi connectivity index (χ1v) is 9.66. The van der Waals surface area contributed by atoms with Crippen LogP contribution in [0.1, 0.15) is 45.9 Å². The molecule has 0 aliphatic rings. The zero-order valence-electron chi connectivity index (χ0n) is 17.7. The maximum Gasteiger partial charge on any atom is 0.317 e. The van der Waals surface area contributed by atoms with Crippen molar-refractivity contribution in [1.82, 2.24) is 20.0 Å². The van der Waals surface area contributed by atoms with Crippen LogP contribution in [0.4, 0.5) is 10.6 Å². The summed E-state index contributed by atoms with van der Waals surface area (Å²) in [6.07, 6.45) is 0. The smallest absolute Gasteiger partial charge is 0.317 e. The van der Waals surface area contributed by atoms with Crippen LogP contribution in [0.25, 0.3) is 5.69 Å². The Bertz CT molecular complexity index is 818. The van der Waals surface area contributed by atoms with Crippen LogP contribution in [0.3, 0.4) is 0 Å². The highest BCUT2D eigenvalue weighted by atomic mass is 16.2. The number of likely N-dealkylation sites (N-methyl/N-ethyl adjacent to an activating group) is 1. The zero-order chi connectivity index (χ0) is 20.9. The molecule has 0 saturated carbocycles. The van der Waals surface area contributed by atoms with E-state index in [-0.39, 0.29) is 23.9 Å². The quantitative estimate of drug-likeness (QED) is 0.799. The van der Waals surface area contributed by atoms with Crippen molar-refractivity contribution in [2.45, 2.75) is 47.0 Å². The van der Waals surface area contributed by atoms with E-state index < -0.39 is 0 Å². The fourth-order valence-electron chi connectivity index (χ4n) is 2.67. The zero-order valence-corrected chi connectivity index (χ0v) is 17.7. The molecule has 0 spiro atoms. The number of hydrogen-bond donors (Lipinski definition) is 2. The molecule has 2 rings (SSSR count). The van der Waals surface area contributed by atoms with Crippen LogP contribution in [-0.4, -0.2) is 46.3 Å². The summed E-state index contributed by atoms with van der Waals surface area (Å²) in [6.45, 7) is 12.9. The van der Waals surface area contributed by atoms with Gasteiger partial charge in [0, 0.05) is 24.6 Å². The Hall–Kier alpha value is -2.83. The van der Waals surface area contributed by atoms with Crippen molar-refractivity contribution in [3.63, 3.8) is 0 Å². The monoisotopic (exact) mass is 385 g/mol. The number of hydrogen-bond acceptors (Lipinski definition) is 3. The van der Waals surface area contributed by atoms with Gasteiger partial charge in [-0.2, -0.15) is 5.10 Å². The Kier molecular flexibility index (Phi) is 6.83. The van der Waals surface area contributed by atoms with Crippen molar-refractivity contribution in [3.8, 4) is 5.69 Å². The molecule has 2 N–H and O–H groups in total. The number of benzene rings is 1. The van der Waals surface area contributed by atoms with E-state index in [1.54, 1.807) is 4.68 Å². The molecule has 7 nitrogen and oxygen atoms in total. The summed E-state index contributed by atoms with van der Waals surface area (Å²) >= 11 is 0. The van der Waals surface area contributed by atoms with E-state index in [2.05, 4.69) is 31.4 Å². The highest BCUT2D eigenvalue weighted by Gasteiger charge is 2.22. The average molecular weight is 386 g/mol. The summed E-state index contributed by atoms with van der Waals surface area (Å²) in [7, 11) is 0. The van der Waals surface area contributed by atoms with E-state index in [9.17, 15) is 9.59 Å². The molecule has 1 aromatic carbocycles. The lowest BCUT2D eigenvalue weighted by atomic mass is 9.92. The third-order valence-corrected chi connectivity index (χ3v) is 4.36. The molecule has 1 heterocycles. The fraction of sp³-hybridized carbons (Fsp3) is 0.476. The number of carbonyl (C=O) groups excluding carboxylic acids is 2. The van der Waals surface area contributed by atoms with Gasteiger partial charge in [0.25, 0.3) is 0 Å². The van der Waals surface area contributed by atoms with Crippen molar-refractivity contribution in [1.29, 1.82) is 0 Å². The van der Waals surface area contributed by atoms with Gasteiger partial charge in [0.1, 0.15) is 12.4 Å². The van der Waals surface area contributed by atoms with Gasteiger partial charge < -0.3 is 15.5 Å². The standard InChI is InChI=1S/C21H31N5O2/c1-7-22-20(28)25(8-2)14-19(27)23-18-13-17(21(4,5)6)24-26(18)16-11-9-15(3)10-12-16/h9-13H,7-8,14H2,1-6H3,(H,22,28)(H,23,27). The number of aromatic nitrogens is 2. The largest absolute Gasteiger partial charge is 0.338 e. The number of amides is 3. The summed E-state index contributed by atoms with van der Waals surface area (Å²) in [5.74, 6) is 0.326. The van der Waals surface area contributed by atoms with Crippen LogP contribution in [0, 0.1) is 6.92 Å². The lowest BCUT2D eigenvalue weighted by Gasteiger charge is -2.20. The van der Waals surface area contributed by atoms with Gasteiger partial charge >= 0.3 is 6.03 Å². The second-order valence-corrected chi connectivity index (χ2v) is 7.81. The summed E-state index contributed by atoms with van der Waals surface area (Å²) in [5.41, 5.74) is 2.73. The first-order chi connectivity index (χ1) is 13.2. The highest BCUT2D eigenvalue weighted by Crippen LogP contribution is 2.26. The number of nitrogens with one attached hydrogen (secondary N) is 2. The molecule has 0 fully saturated rings. The molecule has 0 atom stereocenters. The predicted octanol–water partition coefficient (Wildman–Crippen LogP) is 3.47. The number of urea groups is 1. The summed E-state index contributed by atoms with van der Waals surface area (Å²) in [4.78, 5) is 26.1. The second-order valence-electron chi connectivity index (χ2n) is 7.81. The number of anilines is 1. The van der Waals surface area contributed by atoms with Gasteiger partial charge in [0.2, 0.25) is 5.91 Å². The van der Waals surface area contributed by atoms with E-state index in [4.69, 9.17) is 5.10 Å². The van der Waals surface area contributed by atoms with Crippen LogP contribution in [0.5, 0.6) is 0 Å². The van der Waals surface area contributed by atoms with E-state index in [1.165, 1.54) is 4.90 Å². The van der Waals surface area contributed by atoms with E-state index in [0.29, 0.717) is 18.9 Å². The lowest BCUT2D eigenvalue weighted by Crippen LogP contribution is -2.43. The highest BCUT2D eigenvalue weighted by molar-refractivity contribution is 5.94. The Labute approximate surface area is 167 Å². The van der Waals surface area contributed by atoms with E-state index in [0.717, 1.165) is 16.9 Å². The van der Waals surface area contributed by atoms with Gasteiger partial charge in [0.15, 0.2) is 0 Å². The molecule has 0 radical (unpaired) electrons. The second kappa shape index (κ2) is 8.91. The van der Waals surface area contributed by atoms with E-state index >= 15 is 0 Å². The van der Waals surface area contributed by atoms with Crippen LogP contribution >= 0.6 is 0 Å². The predicted molar refractivity (Wildman–Crippen MR) is 112 cm³/mol. The van der Waals surface area contributed by atoms with Crippen molar-refractivity contribution in [2.24, 2.45) is 0 Å². The SMILES string of the molecule is CCNC(=O)N(CC)CC(=O)Nc1cc(C(C)(C)C)nn1-c1ccc(C)cc1. The number of aryl methyl sites for hydroxylation is 1. The molecule has 0 unspecified atom stereocenters. The van der Waals surface area contributed by atoms with Crippen LogP contribution in [0.15, 0.2) is 30.3 Å². The summed E-state index contributed by atoms with van der Waals surface area (Å²) in [6, 6.07) is 9.60. The Morgan fingerprint density at radius 1 is 1.14 bits per heavy atom. The molecule has 3 amide bonds. The molecular formula is C21H31N5O2. The fourth-order valence-corrected chi connectivity index (χ4v) is 2.67. The van der Waals surface area contributed by atoms with Crippen molar-refractivity contribution in [2.75, 3.05) is 25.0 Å². The van der Waals surface area contributed by atoms with Gasteiger partial charge in [-0.3, -0.25) is 4.79 Å². The third kappa shape index (κ3) is 5.34.